The van der Waals surface area contributed by atoms with Gasteiger partial charge >= 0.3 is 0 Å². The number of thioether (sulfide) groups is 1. The monoisotopic (exact) mass is 289 g/mol. The van der Waals surface area contributed by atoms with E-state index in [0.29, 0.717) is 0 Å². The van der Waals surface area contributed by atoms with Crippen LogP contribution in [0.4, 0.5) is 5.69 Å². The third-order valence-corrected chi connectivity index (χ3v) is 5.50. The molecule has 2 unspecified atom stereocenters. The summed E-state index contributed by atoms with van der Waals surface area (Å²) < 4.78 is 0. The molecule has 0 bridgehead atoms. The van der Waals surface area contributed by atoms with Crippen LogP contribution in [0, 0.1) is 19.8 Å². The molecule has 2 aliphatic rings. The largest absolute Gasteiger partial charge is 0.333 e. The van der Waals surface area contributed by atoms with Crippen molar-refractivity contribution in [3.63, 3.8) is 0 Å². The number of anilines is 1. The van der Waals surface area contributed by atoms with Crippen molar-refractivity contribution < 1.29 is 0 Å². The normalized spacial score (nSPS) is 29.6. The first kappa shape index (κ1) is 13.9. The van der Waals surface area contributed by atoms with E-state index < -0.39 is 0 Å². The zero-order chi connectivity index (χ0) is 14.2. The molecule has 1 saturated carbocycles. The zero-order valence-electron chi connectivity index (χ0n) is 12.6. The van der Waals surface area contributed by atoms with Crippen LogP contribution in [-0.2, 0) is 0 Å². The number of rotatable bonds is 1. The maximum absolute atomic E-state index is 5.03. The summed E-state index contributed by atoms with van der Waals surface area (Å²) in [6.45, 7) is 6.44. The summed E-state index contributed by atoms with van der Waals surface area (Å²) in [6, 6.07) is 4.16. The lowest BCUT2D eigenvalue weighted by atomic mass is 9.78. The van der Waals surface area contributed by atoms with Gasteiger partial charge in [0, 0.05) is 11.4 Å². The highest BCUT2D eigenvalue weighted by Crippen LogP contribution is 2.42. The molecule has 0 radical (unpaired) electrons. The van der Waals surface area contributed by atoms with Gasteiger partial charge in [0.05, 0.1) is 16.9 Å². The molecule has 2 heterocycles. The first-order chi connectivity index (χ1) is 9.56. The Morgan fingerprint density at radius 3 is 2.95 bits per heavy atom. The second kappa shape index (κ2) is 5.40. The number of aromatic nitrogens is 1. The summed E-state index contributed by atoms with van der Waals surface area (Å²) in [5, 5.41) is 4.55. The van der Waals surface area contributed by atoms with Gasteiger partial charge in [-0.1, -0.05) is 31.5 Å². The van der Waals surface area contributed by atoms with Crippen LogP contribution in [0.15, 0.2) is 17.1 Å². The summed E-state index contributed by atoms with van der Waals surface area (Å²) in [4.78, 5) is 9.53. The van der Waals surface area contributed by atoms with Crippen molar-refractivity contribution in [2.24, 2.45) is 10.9 Å². The summed E-state index contributed by atoms with van der Waals surface area (Å²) in [7, 11) is 0. The smallest absolute Gasteiger partial charge is 0.161 e. The van der Waals surface area contributed by atoms with Gasteiger partial charge < -0.3 is 5.32 Å². The first-order valence-electron chi connectivity index (χ1n) is 7.50. The lowest BCUT2D eigenvalue weighted by Gasteiger charge is -2.33. The van der Waals surface area contributed by atoms with E-state index in [9.17, 15) is 0 Å². The fourth-order valence-electron chi connectivity index (χ4n) is 3.35. The van der Waals surface area contributed by atoms with Gasteiger partial charge in [0.2, 0.25) is 0 Å². The maximum atomic E-state index is 5.03. The zero-order valence-corrected chi connectivity index (χ0v) is 13.4. The minimum Gasteiger partial charge on any atom is -0.333 e. The van der Waals surface area contributed by atoms with Crippen molar-refractivity contribution in [3.8, 4) is 0 Å². The highest BCUT2D eigenvalue weighted by molar-refractivity contribution is 8.14. The molecular weight excluding hydrogens is 266 g/mol. The van der Waals surface area contributed by atoms with Gasteiger partial charge in [0.1, 0.15) is 0 Å². The average Bonchev–Trinajstić information content (AvgIpc) is 2.75. The molecule has 0 saturated heterocycles. The Labute approximate surface area is 125 Å². The van der Waals surface area contributed by atoms with Crippen LogP contribution in [0.5, 0.6) is 0 Å². The van der Waals surface area contributed by atoms with Crippen molar-refractivity contribution >= 4 is 22.6 Å². The predicted molar refractivity (Wildman–Crippen MR) is 87.6 cm³/mol. The van der Waals surface area contributed by atoms with Crippen molar-refractivity contribution in [2.45, 2.75) is 52.0 Å². The minimum atomic E-state index is 0.205. The molecule has 1 aliphatic heterocycles. The number of hydrogen-bond acceptors (Lipinski definition) is 4. The fraction of sp³-hybridized carbons (Fsp3) is 0.625. The van der Waals surface area contributed by atoms with E-state index in [1.165, 1.54) is 25.7 Å². The van der Waals surface area contributed by atoms with E-state index in [1.807, 2.05) is 31.7 Å². The molecule has 1 aromatic heterocycles. The van der Waals surface area contributed by atoms with E-state index in [0.717, 1.165) is 33.9 Å². The lowest BCUT2D eigenvalue weighted by molar-refractivity contribution is 0.266. The molecule has 20 heavy (non-hydrogen) atoms. The molecule has 1 aromatic rings. The molecular formula is C16H23N3S. The number of aryl methyl sites for hydroxylation is 2. The Morgan fingerprint density at radius 1 is 1.35 bits per heavy atom. The number of amidine groups is 1. The van der Waals surface area contributed by atoms with E-state index in [2.05, 4.69) is 23.3 Å². The molecule has 3 rings (SSSR count). The van der Waals surface area contributed by atoms with Crippen molar-refractivity contribution in [2.75, 3.05) is 11.1 Å². The second-order valence-corrected chi connectivity index (χ2v) is 7.31. The third kappa shape index (κ3) is 2.85. The van der Waals surface area contributed by atoms with Crippen LogP contribution in [0.2, 0.25) is 0 Å². The third-order valence-electron chi connectivity index (χ3n) is 4.35. The van der Waals surface area contributed by atoms with E-state index in [-0.39, 0.29) is 5.54 Å². The van der Waals surface area contributed by atoms with Gasteiger partial charge in [-0.05, 0) is 44.7 Å². The van der Waals surface area contributed by atoms with Gasteiger partial charge in [-0.2, -0.15) is 0 Å². The van der Waals surface area contributed by atoms with Crippen LogP contribution < -0.4 is 5.32 Å². The molecule has 0 amide bonds. The van der Waals surface area contributed by atoms with Crippen LogP contribution >= 0.6 is 11.8 Å². The molecule has 1 aliphatic carbocycles. The quantitative estimate of drug-likeness (QED) is 0.843. The number of nitrogens with one attached hydrogen (secondary N) is 1. The Hall–Kier alpha value is -1.03. The van der Waals surface area contributed by atoms with Crippen LogP contribution in [0.1, 0.15) is 44.0 Å². The Kier molecular flexibility index (Phi) is 3.76. The minimum absolute atomic E-state index is 0.205. The number of aliphatic imine (C=N–C) groups is 1. The molecule has 108 valence electrons. The number of nitrogens with zero attached hydrogens (tertiary/aromatic N) is 2. The highest BCUT2D eigenvalue weighted by Gasteiger charge is 2.39. The Balaban J connectivity index is 1.75. The van der Waals surface area contributed by atoms with Crippen LogP contribution in [0.25, 0.3) is 0 Å². The molecule has 2 atom stereocenters. The summed E-state index contributed by atoms with van der Waals surface area (Å²) in [6.07, 6.45) is 5.19. The van der Waals surface area contributed by atoms with Gasteiger partial charge in [-0.25, -0.2) is 0 Å². The lowest BCUT2D eigenvalue weighted by Crippen LogP contribution is -2.33. The highest BCUT2D eigenvalue weighted by atomic mass is 32.2. The number of pyridine rings is 1. The molecule has 1 fully saturated rings. The average molecular weight is 289 g/mol. The molecule has 4 heteroatoms. The summed E-state index contributed by atoms with van der Waals surface area (Å²) in [5.41, 5.74) is 3.40. The first-order valence-corrected chi connectivity index (χ1v) is 8.49. The second-order valence-electron chi connectivity index (χ2n) is 6.34. The maximum Gasteiger partial charge on any atom is 0.161 e. The van der Waals surface area contributed by atoms with Crippen molar-refractivity contribution in [1.82, 2.24) is 4.98 Å². The van der Waals surface area contributed by atoms with Crippen LogP contribution in [0.3, 0.4) is 0 Å². The van der Waals surface area contributed by atoms with Gasteiger partial charge in [0.25, 0.3) is 0 Å². The summed E-state index contributed by atoms with van der Waals surface area (Å²) in [5.74, 6) is 1.95. The van der Waals surface area contributed by atoms with Gasteiger partial charge in [0.15, 0.2) is 5.17 Å². The molecule has 0 aromatic carbocycles. The molecule has 1 N–H and O–H groups in total. The standard InChI is InChI=1S/C16H23N3S/c1-11-5-4-8-16(9-11)10-20-15(19-16)18-14-7-6-12(2)17-13(14)3/h6-7,11H,4-5,8-10H2,1-3H3,(H,18,19). The van der Waals surface area contributed by atoms with Crippen LogP contribution in [-0.4, -0.2) is 21.4 Å². The van der Waals surface area contributed by atoms with Gasteiger partial charge in [-0.3, -0.25) is 9.98 Å². The molecule has 1 spiro atoms. The Morgan fingerprint density at radius 2 is 2.20 bits per heavy atom. The topological polar surface area (TPSA) is 37.3 Å². The van der Waals surface area contributed by atoms with Crippen molar-refractivity contribution in [1.29, 1.82) is 0 Å². The van der Waals surface area contributed by atoms with Gasteiger partial charge in [-0.15, -0.1) is 0 Å². The Bertz CT molecular complexity index is 541. The SMILES string of the molecule is Cc1ccc(NC2=NC3(CCCC(C)C3)CS2)c(C)n1. The fourth-order valence-corrected chi connectivity index (χ4v) is 4.52. The van der Waals surface area contributed by atoms with Crippen molar-refractivity contribution in [3.05, 3.63) is 23.5 Å². The predicted octanol–water partition coefficient (Wildman–Crippen LogP) is 4.16. The summed E-state index contributed by atoms with van der Waals surface area (Å²) >= 11 is 1.87. The van der Waals surface area contributed by atoms with E-state index >= 15 is 0 Å². The van der Waals surface area contributed by atoms with E-state index in [1.54, 1.807) is 0 Å². The molecule has 3 nitrogen and oxygen atoms in total. The van der Waals surface area contributed by atoms with E-state index in [4.69, 9.17) is 4.99 Å². The number of hydrogen-bond donors (Lipinski definition) is 1.